The third-order valence-electron chi connectivity index (χ3n) is 3.80. The second kappa shape index (κ2) is 7.63. The Morgan fingerprint density at radius 1 is 1.23 bits per heavy atom. The summed E-state index contributed by atoms with van der Waals surface area (Å²) in [6.07, 6.45) is 0.693. The number of halogens is 1. The molecular formula is C18H22ClN3O4. The van der Waals surface area contributed by atoms with Crippen LogP contribution in [0.15, 0.2) is 28.7 Å². The minimum absolute atomic E-state index is 0.0974. The van der Waals surface area contributed by atoms with Crippen LogP contribution in [-0.4, -0.2) is 34.5 Å². The Balaban J connectivity index is 1.54. The molecule has 2 heterocycles. The summed E-state index contributed by atoms with van der Waals surface area (Å²) in [5.41, 5.74) is 0.276. The minimum atomic E-state index is -0.524. The van der Waals surface area contributed by atoms with Gasteiger partial charge in [-0.1, -0.05) is 11.6 Å². The summed E-state index contributed by atoms with van der Waals surface area (Å²) in [4.78, 5) is 11.8. The van der Waals surface area contributed by atoms with E-state index in [0.717, 1.165) is 12.0 Å². The fraction of sp³-hybridized carbons (Fsp3) is 0.500. The van der Waals surface area contributed by atoms with E-state index >= 15 is 0 Å². The van der Waals surface area contributed by atoms with Gasteiger partial charge >= 0.3 is 6.09 Å². The van der Waals surface area contributed by atoms with Gasteiger partial charge in [0.2, 0.25) is 11.8 Å². The van der Waals surface area contributed by atoms with E-state index in [4.69, 9.17) is 25.5 Å². The summed E-state index contributed by atoms with van der Waals surface area (Å²) in [5, 5.41) is 11.6. The molecule has 1 aromatic carbocycles. The average Bonchev–Trinajstić information content (AvgIpc) is 3.04. The summed E-state index contributed by atoms with van der Waals surface area (Å²) in [7, 11) is 0. The summed E-state index contributed by atoms with van der Waals surface area (Å²) < 4.78 is 16.8. The van der Waals surface area contributed by atoms with E-state index in [2.05, 4.69) is 15.5 Å². The molecule has 0 unspecified atom stereocenters. The van der Waals surface area contributed by atoms with Crippen molar-refractivity contribution in [1.29, 1.82) is 0 Å². The highest BCUT2D eigenvalue weighted by atomic mass is 35.5. The van der Waals surface area contributed by atoms with Crippen molar-refractivity contribution in [2.75, 3.05) is 6.61 Å². The zero-order valence-electron chi connectivity index (χ0n) is 15.0. The summed E-state index contributed by atoms with van der Waals surface area (Å²) in [5.74, 6) is 0.861. The molecule has 0 radical (unpaired) electrons. The van der Waals surface area contributed by atoms with Crippen LogP contribution in [0.2, 0.25) is 5.02 Å². The van der Waals surface area contributed by atoms with E-state index in [-0.39, 0.29) is 12.1 Å². The van der Waals surface area contributed by atoms with Crippen LogP contribution in [0.25, 0.3) is 11.5 Å². The van der Waals surface area contributed by atoms with E-state index in [1.807, 2.05) is 32.9 Å². The molecule has 3 rings (SSSR count). The predicted octanol–water partition coefficient (Wildman–Crippen LogP) is 4.13. The van der Waals surface area contributed by atoms with Crippen molar-refractivity contribution in [1.82, 2.24) is 15.5 Å². The van der Waals surface area contributed by atoms with Crippen molar-refractivity contribution in [3.8, 4) is 11.5 Å². The van der Waals surface area contributed by atoms with Crippen molar-refractivity contribution in [3.63, 3.8) is 0 Å². The lowest BCUT2D eigenvalue weighted by molar-refractivity contribution is -0.0217. The van der Waals surface area contributed by atoms with Gasteiger partial charge in [0, 0.05) is 10.6 Å². The zero-order valence-corrected chi connectivity index (χ0v) is 15.7. The highest BCUT2D eigenvalue weighted by molar-refractivity contribution is 6.30. The average molecular weight is 380 g/mol. The maximum absolute atomic E-state index is 11.8. The first-order valence-corrected chi connectivity index (χ1v) is 8.88. The molecule has 8 heteroatoms. The molecule has 1 N–H and O–H groups in total. The SMILES string of the molecule is CC(C)(C)OC(=O)N[C@@H]1CC[C@@H](c2nnc(-c3ccc(Cl)cc3)o2)OC1. The Morgan fingerprint density at radius 3 is 2.58 bits per heavy atom. The molecule has 0 spiro atoms. The third-order valence-corrected chi connectivity index (χ3v) is 4.06. The second-order valence-corrected chi connectivity index (χ2v) is 7.63. The van der Waals surface area contributed by atoms with Crippen LogP contribution in [0, 0.1) is 0 Å². The van der Waals surface area contributed by atoms with Crippen LogP contribution in [0.1, 0.15) is 45.6 Å². The van der Waals surface area contributed by atoms with Gasteiger partial charge in [-0.2, -0.15) is 0 Å². The molecule has 2 atom stereocenters. The van der Waals surface area contributed by atoms with Crippen LogP contribution < -0.4 is 5.32 Å². The number of aromatic nitrogens is 2. The summed E-state index contributed by atoms with van der Waals surface area (Å²) >= 11 is 5.89. The summed E-state index contributed by atoms with van der Waals surface area (Å²) in [6, 6.07) is 7.08. The highest BCUT2D eigenvalue weighted by Gasteiger charge is 2.29. The van der Waals surface area contributed by atoms with Crippen molar-refractivity contribution in [3.05, 3.63) is 35.2 Å². The zero-order chi connectivity index (χ0) is 18.7. The molecule has 0 aliphatic carbocycles. The first kappa shape index (κ1) is 18.7. The summed E-state index contributed by atoms with van der Waals surface area (Å²) in [6.45, 7) is 5.85. The molecule has 1 aliphatic rings. The maximum atomic E-state index is 11.8. The number of hydrogen-bond acceptors (Lipinski definition) is 6. The number of nitrogens with one attached hydrogen (secondary N) is 1. The minimum Gasteiger partial charge on any atom is -0.444 e. The normalized spacial score (nSPS) is 20.6. The van der Waals surface area contributed by atoms with Gasteiger partial charge in [-0.15, -0.1) is 10.2 Å². The van der Waals surface area contributed by atoms with Gasteiger partial charge in [0.1, 0.15) is 11.7 Å². The molecule has 1 amide bonds. The molecular weight excluding hydrogens is 358 g/mol. The number of alkyl carbamates (subject to hydrolysis) is 1. The van der Waals surface area contributed by atoms with Crippen LogP contribution in [-0.2, 0) is 9.47 Å². The second-order valence-electron chi connectivity index (χ2n) is 7.19. The number of ether oxygens (including phenoxy) is 2. The number of benzene rings is 1. The van der Waals surface area contributed by atoms with Gasteiger partial charge in [0.15, 0.2) is 0 Å². The molecule has 1 saturated heterocycles. The lowest BCUT2D eigenvalue weighted by Gasteiger charge is -2.28. The number of carbonyl (C=O) groups is 1. The number of nitrogens with zero attached hydrogens (tertiary/aromatic N) is 2. The Morgan fingerprint density at radius 2 is 1.96 bits per heavy atom. The van der Waals surface area contributed by atoms with Gasteiger partial charge in [0.25, 0.3) is 0 Å². The first-order valence-electron chi connectivity index (χ1n) is 8.50. The van der Waals surface area contributed by atoms with Crippen molar-refractivity contribution < 1.29 is 18.7 Å². The molecule has 1 aromatic heterocycles. The van der Waals surface area contributed by atoms with Crippen LogP contribution in [0.5, 0.6) is 0 Å². The fourth-order valence-electron chi connectivity index (χ4n) is 2.61. The van der Waals surface area contributed by atoms with E-state index in [1.54, 1.807) is 12.1 Å². The Kier molecular flexibility index (Phi) is 5.48. The Bertz CT molecular complexity index is 747. The van der Waals surface area contributed by atoms with Crippen LogP contribution in [0.4, 0.5) is 4.79 Å². The Hall–Kier alpha value is -2.12. The molecule has 0 saturated carbocycles. The van der Waals surface area contributed by atoms with Crippen LogP contribution >= 0.6 is 11.6 Å². The number of hydrogen-bond donors (Lipinski definition) is 1. The van der Waals surface area contributed by atoms with E-state index in [1.165, 1.54) is 0 Å². The molecule has 1 fully saturated rings. The Labute approximate surface area is 157 Å². The molecule has 7 nitrogen and oxygen atoms in total. The van der Waals surface area contributed by atoms with Crippen molar-refractivity contribution >= 4 is 17.7 Å². The lowest BCUT2D eigenvalue weighted by Crippen LogP contribution is -2.43. The fourth-order valence-corrected chi connectivity index (χ4v) is 2.73. The number of carbonyl (C=O) groups excluding carboxylic acids is 1. The quantitative estimate of drug-likeness (QED) is 0.862. The van der Waals surface area contributed by atoms with Gasteiger partial charge in [-0.05, 0) is 57.9 Å². The lowest BCUT2D eigenvalue weighted by atomic mass is 10.1. The van der Waals surface area contributed by atoms with Gasteiger partial charge < -0.3 is 19.2 Å². The molecule has 140 valence electrons. The third kappa shape index (κ3) is 4.95. The predicted molar refractivity (Wildman–Crippen MR) is 95.8 cm³/mol. The van der Waals surface area contributed by atoms with Crippen LogP contribution in [0.3, 0.4) is 0 Å². The van der Waals surface area contributed by atoms with Crippen molar-refractivity contribution in [2.45, 2.75) is 51.4 Å². The molecule has 2 aromatic rings. The van der Waals surface area contributed by atoms with Gasteiger partial charge in [-0.3, -0.25) is 0 Å². The molecule has 1 aliphatic heterocycles. The largest absolute Gasteiger partial charge is 0.444 e. The number of rotatable bonds is 3. The number of amides is 1. The maximum Gasteiger partial charge on any atom is 0.407 e. The standard InChI is InChI=1S/C18H22ClN3O4/c1-18(2,3)26-17(23)20-13-8-9-14(24-10-13)16-22-21-15(25-16)11-4-6-12(19)7-5-11/h4-7,13-14H,8-10H2,1-3H3,(H,20,23)/t13-,14+/m1/s1. The molecule has 0 bridgehead atoms. The van der Waals surface area contributed by atoms with Gasteiger partial charge in [0.05, 0.1) is 12.6 Å². The van der Waals surface area contributed by atoms with E-state index < -0.39 is 11.7 Å². The smallest absolute Gasteiger partial charge is 0.407 e. The molecule has 26 heavy (non-hydrogen) atoms. The first-order chi connectivity index (χ1) is 12.3. The topological polar surface area (TPSA) is 86.5 Å². The van der Waals surface area contributed by atoms with E-state index in [9.17, 15) is 4.79 Å². The van der Waals surface area contributed by atoms with Crippen molar-refractivity contribution in [2.24, 2.45) is 0 Å². The highest BCUT2D eigenvalue weighted by Crippen LogP contribution is 2.29. The van der Waals surface area contributed by atoms with Gasteiger partial charge in [-0.25, -0.2) is 4.79 Å². The monoisotopic (exact) mass is 379 g/mol. The van der Waals surface area contributed by atoms with E-state index in [0.29, 0.717) is 29.8 Å².